The smallest absolute Gasteiger partial charge is 0.410 e. The van der Waals surface area contributed by atoms with Gasteiger partial charge in [0, 0.05) is 49.6 Å². The molecular formula is C28H36N6O4. The van der Waals surface area contributed by atoms with Gasteiger partial charge in [-0.2, -0.15) is 5.10 Å². The number of hydrogen-bond donors (Lipinski definition) is 2. The first-order chi connectivity index (χ1) is 18.1. The summed E-state index contributed by atoms with van der Waals surface area (Å²) in [6.45, 7) is 12.1. The Kier molecular flexibility index (Phi) is 7.00. The van der Waals surface area contributed by atoms with Gasteiger partial charge in [0.2, 0.25) is 11.8 Å². The third-order valence-corrected chi connectivity index (χ3v) is 7.05. The van der Waals surface area contributed by atoms with Crippen LogP contribution in [0.5, 0.6) is 5.88 Å². The van der Waals surface area contributed by atoms with Crippen molar-refractivity contribution in [3.8, 4) is 17.1 Å². The topological polar surface area (TPSA) is 110 Å². The number of ether oxygens (including phenoxy) is 2. The number of fused-ring (bicyclic) bond motifs is 1. The molecule has 1 aromatic carbocycles. The molecule has 3 aromatic rings. The second-order valence-electron chi connectivity index (χ2n) is 11.2. The number of piperazine rings is 1. The molecule has 10 heteroatoms. The molecule has 2 aromatic heterocycles. The van der Waals surface area contributed by atoms with Gasteiger partial charge < -0.3 is 25.0 Å². The molecule has 1 unspecified atom stereocenters. The summed E-state index contributed by atoms with van der Waals surface area (Å²) in [6.07, 6.45) is 3.69. The highest BCUT2D eigenvalue weighted by Gasteiger charge is 2.30. The summed E-state index contributed by atoms with van der Waals surface area (Å²) in [5, 5.41) is 10.9. The summed E-state index contributed by atoms with van der Waals surface area (Å²) >= 11 is 0. The normalized spacial score (nSPS) is 20.9. The van der Waals surface area contributed by atoms with Gasteiger partial charge in [-0.1, -0.05) is 24.3 Å². The van der Waals surface area contributed by atoms with E-state index in [2.05, 4.69) is 27.9 Å². The standard InChI is InChI=1S/C28H36N6O4/c1-17-13-31-34-16-23(32-26(25(17)34)37-18(2)21-12-24(35)30-14-21)20-8-6-19(7-9-20)22-15-33(11-10-29-22)27(36)38-28(3,4)5/h6-9,13,16,18,21-22,29H,10-12,14-15H2,1-5H3,(H,30,35)/t18-,21-,22?/m1/s1. The maximum atomic E-state index is 12.6. The number of amides is 2. The van der Waals surface area contributed by atoms with Crippen LogP contribution in [0.1, 0.15) is 51.3 Å². The minimum Gasteiger partial charge on any atom is -0.473 e. The molecule has 0 aliphatic carbocycles. The monoisotopic (exact) mass is 520 g/mol. The van der Waals surface area contributed by atoms with Crippen molar-refractivity contribution in [2.45, 2.75) is 58.8 Å². The summed E-state index contributed by atoms with van der Waals surface area (Å²) in [4.78, 5) is 30.9. The van der Waals surface area contributed by atoms with Crippen LogP contribution in [0.15, 0.2) is 36.7 Å². The Morgan fingerprint density at radius 1 is 1.21 bits per heavy atom. The molecule has 2 saturated heterocycles. The molecule has 5 rings (SSSR count). The van der Waals surface area contributed by atoms with E-state index in [1.165, 1.54) is 0 Å². The summed E-state index contributed by atoms with van der Waals surface area (Å²) < 4.78 is 13.7. The zero-order valence-corrected chi connectivity index (χ0v) is 22.7. The lowest BCUT2D eigenvalue weighted by Crippen LogP contribution is -2.49. The van der Waals surface area contributed by atoms with Crippen molar-refractivity contribution in [2.24, 2.45) is 5.92 Å². The van der Waals surface area contributed by atoms with Gasteiger partial charge in [0.05, 0.1) is 24.1 Å². The first kappa shape index (κ1) is 26.0. The fourth-order valence-corrected chi connectivity index (χ4v) is 4.92. The molecule has 2 amide bonds. The maximum absolute atomic E-state index is 12.6. The van der Waals surface area contributed by atoms with E-state index < -0.39 is 5.60 Å². The van der Waals surface area contributed by atoms with Gasteiger partial charge in [-0.3, -0.25) is 4.79 Å². The molecule has 2 aliphatic rings. The summed E-state index contributed by atoms with van der Waals surface area (Å²) in [6, 6.07) is 8.19. The van der Waals surface area contributed by atoms with Gasteiger partial charge in [-0.05, 0) is 40.2 Å². The van der Waals surface area contributed by atoms with E-state index in [0.29, 0.717) is 38.5 Å². The molecule has 3 atom stereocenters. The molecule has 10 nitrogen and oxygen atoms in total. The van der Waals surface area contributed by atoms with E-state index in [1.54, 1.807) is 15.6 Å². The average molecular weight is 521 g/mol. The third-order valence-electron chi connectivity index (χ3n) is 7.05. The molecular weight excluding hydrogens is 484 g/mol. The SMILES string of the molecule is Cc1cnn2cc(-c3ccc(C4CN(C(=O)OC(C)(C)C)CCN4)cc3)nc(O[C@H](C)[C@H]3CNC(=O)C3)c12. The Hall–Kier alpha value is -3.66. The van der Waals surface area contributed by atoms with Crippen LogP contribution in [0, 0.1) is 12.8 Å². The Bertz CT molecular complexity index is 1330. The van der Waals surface area contributed by atoms with Crippen molar-refractivity contribution < 1.29 is 19.1 Å². The van der Waals surface area contributed by atoms with E-state index in [-0.39, 0.29) is 30.1 Å². The molecule has 0 radical (unpaired) electrons. The van der Waals surface area contributed by atoms with Gasteiger partial charge >= 0.3 is 6.09 Å². The summed E-state index contributed by atoms with van der Waals surface area (Å²) in [7, 11) is 0. The summed E-state index contributed by atoms with van der Waals surface area (Å²) in [5.74, 6) is 0.661. The van der Waals surface area contributed by atoms with Gasteiger partial charge in [0.25, 0.3) is 0 Å². The van der Waals surface area contributed by atoms with Crippen molar-refractivity contribution >= 4 is 17.5 Å². The first-order valence-electron chi connectivity index (χ1n) is 13.2. The Balaban J connectivity index is 1.35. The number of carbonyl (C=O) groups excluding carboxylic acids is 2. The minimum absolute atomic E-state index is 0.0111. The fourth-order valence-electron chi connectivity index (χ4n) is 4.92. The van der Waals surface area contributed by atoms with Crippen molar-refractivity contribution in [3.63, 3.8) is 0 Å². The van der Waals surface area contributed by atoms with Crippen LogP contribution in [-0.4, -0.2) is 69.4 Å². The largest absolute Gasteiger partial charge is 0.473 e. The third kappa shape index (κ3) is 5.60. The molecule has 202 valence electrons. The number of carbonyl (C=O) groups is 2. The van der Waals surface area contributed by atoms with Crippen LogP contribution in [0.2, 0.25) is 0 Å². The van der Waals surface area contributed by atoms with E-state index in [9.17, 15) is 9.59 Å². The van der Waals surface area contributed by atoms with E-state index >= 15 is 0 Å². The van der Waals surface area contributed by atoms with Gasteiger partial charge in [-0.15, -0.1) is 0 Å². The second kappa shape index (κ2) is 10.2. The predicted molar refractivity (Wildman–Crippen MR) is 143 cm³/mol. The van der Waals surface area contributed by atoms with Crippen LogP contribution in [0.25, 0.3) is 16.8 Å². The first-order valence-corrected chi connectivity index (χ1v) is 13.2. The highest BCUT2D eigenvalue weighted by molar-refractivity contribution is 5.78. The average Bonchev–Trinajstić information content (AvgIpc) is 3.49. The molecule has 2 N–H and O–H groups in total. The van der Waals surface area contributed by atoms with Crippen molar-refractivity contribution in [1.29, 1.82) is 0 Å². The Morgan fingerprint density at radius 3 is 2.66 bits per heavy atom. The number of rotatable bonds is 5. The molecule has 2 fully saturated rings. The maximum Gasteiger partial charge on any atom is 0.410 e. The van der Waals surface area contributed by atoms with Crippen LogP contribution in [-0.2, 0) is 9.53 Å². The van der Waals surface area contributed by atoms with E-state index in [0.717, 1.165) is 27.9 Å². The quantitative estimate of drug-likeness (QED) is 0.530. The van der Waals surface area contributed by atoms with Crippen LogP contribution < -0.4 is 15.4 Å². The molecule has 0 saturated carbocycles. The van der Waals surface area contributed by atoms with Crippen molar-refractivity contribution in [3.05, 3.63) is 47.8 Å². The van der Waals surface area contributed by atoms with Crippen LogP contribution in [0.4, 0.5) is 4.79 Å². The Morgan fingerprint density at radius 2 is 1.97 bits per heavy atom. The lowest BCUT2D eigenvalue weighted by Gasteiger charge is -2.35. The van der Waals surface area contributed by atoms with E-state index in [1.807, 2.05) is 52.9 Å². The molecule has 2 aliphatic heterocycles. The van der Waals surface area contributed by atoms with Crippen molar-refractivity contribution in [2.75, 3.05) is 26.2 Å². The number of aromatic nitrogens is 3. The lowest BCUT2D eigenvalue weighted by molar-refractivity contribution is -0.119. The number of hydrogen-bond acceptors (Lipinski definition) is 7. The van der Waals surface area contributed by atoms with Crippen molar-refractivity contribution in [1.82, 2.24) is 30.1 Å². The highest BCUT2D eigenvalue weighted by Crippen LogP contribution is 2.30. The molecule has 0 bridgehead atoms. The number of aryl methyl sites for hydroxylation is 1. The zero-order chi connectivity index (χ0) is 27.0. The predicted octanol–water partition coefficient (Wildman–Crippen LogP) is 3.49. The number of nitrogens with one attached hydrogen (secondary N) is 2. The molecule has 38 heavy (non-hydrogen) atoms. The number of benzene rings is 1. The van der Waals surface area contributed by atoms with Gasteiger partial charge in [0.15, 0.2) is 0 Å². The highest BCUT2D eigenvalue weighted by atomic mass is 16.6. The number of nitrogens with zero attached hydrogens (tertiary/aromatic N) is 4. The fraction of sp³-hybridized carbons (Fsp3) is 0.500. The lowest BCUT2D eigenvalue weighted by atomic mass is 10.0. The van der Waals surface area contributed by atoms with Crippen LogP contribution >= 0.6 is 0 Å². The van der Waals surface area contributed by atoms with E-state index in [4.69, 9.17) is 14.5 Å². The van der Waals surface area contributed by atoms with Crippen LogP contribution in [0.3, 0.4) is 0 Å². The summed E-state index contributed by atoms with van der Waals surface area (Å²) in [5.41, 5.74) is 4.03. The molecule has 0 spiro atoms. The van der Waals surface area contributed by atoms with Gasteiger partial charge in [-0.25, -0.2) is 14.3 Å². The molecule has 4 heterocycles. The second-order valence-corrected chi connectivity index (χ2v) is 11.2. The minimum atomic E-state index is -0.522. The Labute approximate surface area is 222 Å². The van der Waals surface area contributed by atoms with Gasteiger partial charge in [0.1, 0.15) is 17.2 Å². The zero-order valence-electron chi connectivity index (χ0n) is 22.7.